The fourth-order valence-electron chi connectivity index (χ4n) is 2.48. The van der Waals surface area contributed by atoms with Crippen LogP contribution in [0.15, 0.2) is 0 Å². The Kier molecular flexibility index (Phi) is 6.26. The summed E-state index contributed by atoms with van der Waals surface area (Å²) in [4.78, 5) is 2.43. The van der Waals surface area contributed by atoms with Crippen LogP contribution in [0.1, 0.15) is 46.0 Å². The van der Waals surface area contributed by atoms with Crippen LogP contribution in [0.25, 0.3) is 0 Å². The van der Waals surface area contributed by atoms with Crippen molar-refractivity contribution in [3.8, 4) is 0 Å². The van der Waals surface area contributed by atoms with Crippen LogP contribution in [0, 0.1) is 5.92 Å². The van der Waals surface area contributed by atoms with Crippen LogP contribution in [0.3, 0.4) is 0 Å². The topological polar surface area (TPSA) is 15.3 Å². The van der Waals surface area contributed by atoms with E-state index in [1.807, 2.05) is 0 Å². The van der Waals surface area contributed by atoms with Gasteiger partial charge in [0.1, 0.15) is 0 Å². The normalized spacial score (nSPS) is 19.0. The van der Waals surface area contributed by atoms with E-state index in [0.29, 0.717) is 0 Å². The Morgan fingerprint density at radius 2 is 1.87 bits per heavy atom. The van der Waals surface area contributed by atoms with Crippen molar-refractivity contribution in [2.24, 2.45) is 5.92 Å². The molecule has 0 saturated heterocycles. The fraction of sp³-hybridized carbons (Fsp3) is 1.00. The van der Waals surface area contributed by atoms with E-state index < -0.39 is 0 Å². The van der Waals surface area contributed by atoms with Crippen LogP contribution in [0.4, 0.5) is 0 Å². The van der Waals surface area contributed by atoms with Crippen molar-refractivity contribution < 1.29 is 0 Å². The highest BCUT2D eigenvalue weighted by molar-refractivity contribution is 4.72. The molecule has 0 aliphatic heterocycles. The average molecular weight is 212 g/mol. The zero-order chi connectivity index (χ0) is 11.1. The molecule has 0 radical (unpaired) electrons. The minimum Gasteiger partial charge on any atom is -0.313 e. The largest absolute Gasteiger partial charge is 0.313 e. The summed E-state index contributed by atoms with van der Waals surface area (Å²) in [6.45, 7) is 8.13. The Morgan fingerprint density at radius 3 is 2.47 bits per heavy atom. The molecule has 0 aromatic carbocycles. The molecule has 1 N–H and O–H groups in total. The maximum absolute atomic E-state index is 3.68. The lowest BCUT2D eigenvalue weighted by Gasteiger charge is -2.25. The quantitative estimate of drug-likeness (QED) is 0.728. The molecule has 1 saturated carbocycles. The number of hydrogen-bond donors (Lipinski definition) is 1. The molecule has 0 unspecified atom stereocenters. The van der Waals surface area contributed by atoms with E-state index in [-0.39, 0.29) is 0 Å². The van der Waals surface area contributed by atoms with E-state index in [2.05, 4.69) is 31.1 Å². The molecule has 15 heavy (non-hydrogen) atoms. The predicted octanol–water partition coefficient (Wildman–Crippen LogP) is 2.50. The molecule has 0 atom stereocenters. The lowest BCUT2D eigenvalue weighted by Crippen LogP contribution is -2.37. The summed E-state index contributed by atoms with van der Waals surface area (Å²) in [5.41, 5.74) is 0. The smallest absolute Gasteiger partial charge is 0.0104 e. The summed E-state index contributed by atoms with van der Waals surface area (Å²) in [5, 5.41) is 3.68. The number of likely N-dealkylation sites (N-methyl/N-ethyl adjacent to an activating group) is 1. The van der Waals surface area contributed by atoms with E-state index in [1.54, 1.807) is 0 Å². The van der Waals surface area contributed by atoms with Gasteiger partial charge in [-0.25, -0.2) is 0 Å². The maximum Gasteiger partial charge on any atom is 0.0104 e. The van der Waals surface area contributed by atoms with Gasteiger partial charge in [0.15, 0.2) is 0 Å². The number of rotatable bonds is 6. The van der Waals surface area contributed by atoms with Crippen molar-refractivity contribution in [1.29, 1.82) is 0 Å². The van der Waals surface area contributed by atoms with Gasteiger partial charge in [-0.3, -0.25) is 0 Å². The molecular formula is C13H28N2. The van der Waals surface area contributed by atoms with Gasteiger partial charge in [0, 0.05) is 25.7 Å². The third-order valence-electron chi connectivity index (χ3n) is 3.21. The molecule has 0 bridgehead atoms. The van der Waals surface area contributed by atoms with Crippen LogP contribution in [-0.2, 0) is 0 Å². The van der Waals surface area contributed by atoms with Crippen LogP contribution in [0.2, 0.25) is 0 Å². The zero-order valence-corrected chi connectivity index (χ0v) is 10.8. The van der Waals surface area contributed by atoms with Crippen molar-refractivity contribution in [2.75, 3.05) is 26.7 Å². The molecule has 0 aromatic heterocycles. The van der Waals surface area contributed by atoms with Crippen molar-refractivity contribution in [1.82, 2.24) is 10.2 Å². The van der Waals surface area contributed by atoms with Gasteiger partial charge in [-0.15, -0.1) is 0 Å². The van der Waals surface area contributed by atoms with Crippen molar-refractivity contribution in [3.63, 3.8) is 0 Å². The van der Waals surface area contributed by atoms with E-state index in [0.717, 1.165) is 18.5 Å². The molecule has 0 spiro atoms. The molecule has 0 aromatic rings. The average Bonchev–Trinajstić information content (AvgIpc) is 2.18. The summed E-state index contributed by atoms with van der Waals surface area (Å²) in [6.07, 6.45) is 7.10. The molecule has 2 heteroatoms. The monoisotopic (exact) mass is 212 g/mol. The lowest BCUT2D eigenvalue weighted by molar-refractivity contribution is 0.280. The summed E-state index contributed by atoms with van der Waals surface area (Å²) in [6, 6.07) is 0.811. The molecule has 1 fully saturated rings. The van der Waals surface area contributed by atoms with E-state index in [9.17, 15) is 0 Å². The van der Waals surface area contributed by atoms with Gasteiger partial charge in [0.2, 0.25) is 0 Å². The molecule has 1 aliphatic rings. The molecule has 90 valence electrons. The third-order valence-corrected chi connectivity index (χ3v) is 3.21. The Bertz CT molecular complexity index is 151. The van der Waals surface area contributed by atoms with Gasteiger partial charge in [-0.05, 0) is 25.8 Å². The Balaban J connectivity index is 1.99. The fourth-order valence-corrected chi connectivity index (χ4v) is 2.48. The molecule has 0 heterocycles. The van der Waals surface area contributed by atoms with Crippen LogP contribution >= 0.6 is 0 Å². The highest BCUT2D eigenvalue weighted by Crippen LogP contribution is 2.16. The zero-order valence-electron chi connectivity index (χ0n) is 10.8. The van der Waals surface area contributed by atoms with Gasteiger partial charge in [0.05, 0.1) is 0 Å². The van der Waals surface area contributed by atoms with Crippen molar-refractivity contribution >= 4 is 0 Å². The number of hydrogen-bond acceptors (Lipinski definition) is 2. The first-order chi connectivity index (χ1) is 7.18. The Morgan fingerprint density at radius 1 is 1.20 bits per heavy atom. The lowest BCUT2D eigenvalue weighted by atomic mass is 9.95. The van der Waals surface area contributed by atoms with E-state index in [1.165, 1.54) is 45.2 Å². The van der Waals surface area contributed by atoms with Gasteiger partial charge >= 0.3 is 0 Å². The van der Waals surface area contributed by atoms with E-state index >= 15 is 0 Å². The Hall–Kier alpha value is -0.0800. The van der Waals surface area contributed by atoms with Crippen LogP contribution in [-0.4, -0.2) is 37.6 Å². The molecule has 1 aliphatic carbocycles. The number of nitrogens with zero attached hydrogens (tertiary/aromatic N) is 1. The predicted molar refractivity (Wildman–Crippen MR) is 67.2 cm³/mol. The Labute approximate surface area is 95.4 Å². The summed E-state index contributed by atoms with van der Waals surface area (Å²) in [7, 11) is 2.22. The van der Waals surface area contributed by atoms with Gasteiger partial charge < -0.3 is 10.2 Å². The second kappa shape index (κ2) is 7.24. The van der Waals surface area contributed by atoms with Gasteiger partial charge in [-0.2, -0.15) is 0 Å². The minimum absolute atomic E-state index is 0.782. The standard InChI is InChI=1S/C13H28N2/c1-12(2)11-15(3)10-9-14-13-7-5-4-6-8-13/h12-14H,4-11H2,1-3H3. The highest BCUT2D eigenvalue weighted by atomic mass is 15.1. The summed E-state index contributed by atoms with van der Waals surface area (Å²) >= 11 is 0. The highest BCUT2D eigenvalue weighted by Gasteiger charge is 2.12. The third kappa shape index (κ3) is 6.16. The first-order valence-electron chi connectivity index (χ1n) is 6.60. The SMILES string of the molecule is CC(C)CN(C)CCNC1CCCCC1. The second-order valence-corrected chi connectivity index (χ2v) is 5.45. The maximum atomic E-state index is 3.68. The van der Waals surface area contributed by atoms with Crippen molar-refractivity contribution in [2.45, 2.75) is 52.0 Å². The first-order valence-corrected chi connectivity index (χ1v) is 6.60. The van der Waals surface area contributed by atoms with Gasteiger partial charge in [-0.1, -0.05) is 33.1 Å². The molecule has 1 rings (SSSR count). The summed E-state index contributed by atoms with van der Waals surface area (Å²) in [5.74, 6) is 0.782. The molecular weight excluding hydrogens is 184 g/mol. The minimum atomic E-state index is 0.782. The molecule has 0 amide bonds. The summed E-state index contributed by atoms with van der Waals surface area (Å²) < 4.78 is 0. The van der Waals surface area contributed by atoms with Crippen LogP contribution in [0.5, 0.6) is 0 Å². The molecule has 2 nitrogen and oxygen atoms in total. The first kappa shape index (κ1) is 13.0. The van der Waals surface area contributed by atoms with Gasteiger partial charge in [0.25, 0.3) is 0 Å². The van der Waals surface area contributed by atoms with Crippen molar-refractivity contribution in [3.05, 3.63) is 0 Å². The second-order valence-electron chi connectivity index (χ2n) is 5.45. The van der Waals surface area contributed by atoms with Crippen LogP contribution < -0.4 is 5.32 Å². The number of nitrogens with one attached hydrogen (secondary N) is 1. The van der Waals surface area contributed by atoms with E-state index in [4.69, 9.17) is 0 Å².